The minimum atomic E-state index is -0.300. The Hall–Kier alpha value is -2.93. The quantitative estimate of drug-likeness (QED) is 0.336. The smallest absolute Gasteiger partial charge is 0.170 e. The number of carbonyl (C=O) groups excluding carboxylic acids is 1. The van der Waals surface area contributed by atoms with E-state index in [1.54, 1.807) is 25.3 Å². The molecular formula is C25H29FN2O4. The molecule has 0 unspecified atom stereocenters. The fourth-order valence-electron chi connectivity index (χ4n) is 4.33. The Morgan fingerprint density at radius 1 is 1.19 bits per heavy atom. The standard InChI is InChI=1S/C25H29FN2O4/c1-17(29)21-8-6-20(16-23(21)30-2)31-14-4-3-11-28-12-9-18(10-13-28)25-22-7-5-19(26)15-24(22)32-27-25/h5-8,15-16,18H,3-4,9-14H2,1-2H3. The van der Waals surface area contributed by atoms with Gasteiger partial charge in [-0.1, -0.05) is 5.16 Å². The van der Waals surface area contributed by atoms with Crippen molar-refractivity contribution in [3.05, 3.63) is 53.5 Å². The van der Waals surface area contributed by atoms with Crippen molar-refractivity contribution in [2.24, 2.45) is 0 Å². The van der Waals surface area contributed by atoms with Crippen LogP contribution in [-0.2, 0) is 0 Å². The van der Waals surface area contributed by atoms with E-state index in [-0.39, 0.29) is 11.6 Å². The monoisotopic (exact) mass is 440 g/mol. The Balaban J connectivity index is 1.18. The molecule has 3 aromatic rings. The molecule has 0 atom stereocenters. The average molecular weight is 441 g/mol. The van der Waals surface area contributed by atoms with Gasteiger partial charge in [-0.25, -0.2) is 4.39 Å². The molecule has 0 N–H and O–H groups in total. The van der Waals surface area contributed by atoms with Crippen LogP contribution in [0, 0.1) is 5.82 Å². The number of hydrogen-bond donors (Lipinski definition) is 0. The second-order valence-electron chi connectivity index (χ2n) is 8.30. The number of carbonyl (C=O) groups is 1. The van der Waals surface area contributed by atoms with Gasteiger partial charge in [-0.15, -0.1) is 0 Å². The van der Waals surface area contributed by atoms with Crippen LogP contribution in [0.5, 0.6) is 11.5 Å². The number of hydrogen-bond acceptors (Lipinski definition) is 6. The Labute approximate surface area is 187 Å². The summed E-state index contributed by atoms with van der Waals surface area (Å²) in [6, 6.07) is 9.96. The summed E-state index contributed by atoms with van der Waals surface area (Å²) in [4.78, 5) is 14.1. The summed E-state index contributed by atoms with van der Waals surface area (Å²) < 4.78 is 29.8. The Morgan fingerprint density at radius 3 is 2.75 bits per heavy atom. The Morgan fingerprint density at radius 2 is 2.00 bits per heavy atom. The van der Waals surface area contributed by atoms with E-state index >= 15 is 0 Å². The molecule has 6 nitrogen and oxygen atoms in total. The maximum absolute atomic E-state index is 13.4. The number of Topliss-reactive ketones (excluding diaryl/α,β-unsaturated/α-hetero) is 1. The maximum Gasteiger partial charge on any atom is 0.170 e. The molecule has 1 saturated heterocycles. The van der Waals surface area contributed by atoms with Crippen LogP contribution >= 0.6 is 0 Å². The maximum atomic E-state index is 13.4. The van der Waals surface area contributed by atoms with Crippen LogP contribution in [0.15, 0.2) is 40.9 Å². The topological polar surface area (TPSA) is 64.8 Å². The van der Waals surface area contributed by atoms with Crippen molar-refractivity contribution in [1.82, 2.24) is 10.1 Å². The third-order valence-corrected chi connectivity index (χ3v) is 6.13. The van der Waals surface area contributed by atoms with E-state index in [0.717, 1.165) is 56.4 Å². The van der Waals surface area contributed by atoms with Gasteiger partial charge in [-0.2, -0.15) is 0 Å². The third kappa shape index (κ3) is 5.10. The van der Waals surface area contributed by atoms with Crippen LogP contribution in [0.25, 0.3) is 11.0 Å². The lowest BCUT2D eigenvalue weighted by Crippen LogP contribution is -2.34. The predicted octanol–water partition coefficient (Wildman–Crippen LogP) is 5.22. The molecule has 1 aliphatic heterocycles. The number of aromatic nitrogens is 1. The van der Waals surface area contributed by atoms with E-state index in [1.165, 1.54) is 19.1 Å². The zero-order valence-electron chi connectivity index (χ0n) is 18.6. The number of fused-ring (bicyclic) bond motifs is 1. The zero-order valence-corrected chi connectivity index (χ0v) is 18.6. The first-order valence-corrected chi connectivity index (χ1v) is 11.1. The summed E-state index contributed by atoms with van der Waals surface area (Å²) >= 11 is 0. The minimum absolute atomic E-state index is 0.0252. The lowest BCUT2D eigenvalue weighted by molar-refractivity contribution is 0.101. The number of rotatable bonds is 9. The molecular weight excluding hydrogens is 411 g/mol. The lowest BCUT2D eigenvalue weighted by atomic mass is 9.91. The minimum Gasteiger partial charge on any atom is -0.496 e. The number of piperidine rings is 1. The molecule has 170 valence electrons. The molecule has 0 radical (unpaired) electrons. The van der Waals surface area contributed by atoms with E-state index in [1.807, 2.05) is 6.07 Å². The third-order valence-electron chi connectivity index (χ3n) is 6.13. The van der Waals surface area contributed by atoms with Gasteiger partial charge in [-0.05, 0) is 76.5 Å². The molecule has 0 bridgehead atoms. The summed E-state index contributed by atoms with van der Waals surface area (Å²) in [7, 11) is 1.56. The fraction of sp³-hybridized carbons (Fsp3) is 0.440. The van der Waals surface area contributed by atoms with Gasteiger partial charge in [-0.3, -0.25) is 4.79 Å². The summed E-state index contributed by atoms with van der Waals surface area (Å²) in [5, 5.41) is 5.15. The first-order chi connectivity index (χ1) is 15.5. The number of nitrogens with zero attached hydrogens (tertiary/aromatic N) is 2. The highest BCUT2D eigenvalue weighted by Crippen LogP contribution is 2.33. The molecule has 2 heterocycles. The SMILES string of the molecule is COc1cc(OCCCCN2CCC(c3noc4cc(F)ccc34)CC2)ccc1C(C)=O. The molecule has 1 aromatic heterocycles. The van der Waals surface area contributed by atoms with Crippen LogP contribution in [0.4, 0.5) is 4.39 Å². The van der Waals surface area contributed by atoms with Crippen molar-refractivity contribution in [2.45, 2.75) is 38.5 Å². The van der Waals surface area contributed by atoms with Gasteiger partial charge in [0.05, 0.1) is 25.0 Å². The van der Waals surface area contributed by atoms with E-state index in [4.69, 9.17) is 14.0 Å². The first-order valence-electron chi connectivity index (χ1n) is 11.1. The van der Waals surface area contributed by atoms with Gasteiger partial charge < -0.3 is 18.9 Å². The van der Waals surface area contributed by atoms with Gasteiger partial charge >= 0.3 is 0 Å². The first kappa shape index (κ1) is 22.3. The number of halogens is 1. The van der Waals surface area contributed by atoms with Gasteiger partial charge in [0.25, 0.3) is 0 Å². The molecule has 2 aromatic carbocycles. The van der Waals surface area contributed by atoms with Crippen molar-refractivity contribution < 1.29 is 23.2 Å². The average Bonchev–Trinajstić information content (AvgIpc) is 3.22. The van der Waals surface area contributed by atoms with E-state index < -0.39 is 0 Å². The van der Waals surface area contributed by atoms with Gasteiger partial charge in [0.2, 0.25) is 0 Å². The molecule has 4 rings (SSSR count). The number of benzene rings is 2. The highest BCUT2D eigenvalue weighted by Gasteiger charge is 2.24. The highest BCUT2D eigenvalue weighted by molar-refractivity contribution is 5.97. The normalized spacial score (nSPS) is 15.2. The molecule has 0 saturated carbocycles. The predicted molar refractivity (Wildman–Crippen MR) is 120 cm³/mol. The largest absolute Gasteiger partial charge is 0.496 e. The second kappa shape index (κ2) is 10.1. The van der Waals surface area contributed by atoms with Crippen LogP contribution in [-0.4, -0.2) is 49.2 Å². The van der Waals surface area contributed by atoms with Gasteiger partial charge in [0.1, 0.15) is 17.3 Å². The van der Waals surface area contributed by atoms with Crippen molar-refractivity contribution in [1.29, 1.82) is 0 Å². The molecule has 1 aliphatic rings. The van der Waals surface area contributed by atoms with Crippen LogP contribution in [0.1, 0.15) is 54.6 Å². The number of methoxy groups -OCH3 is 1. The number of unbranched alkanes of at least 4 members (excludes halogenated alkanes) is 1. The van der Waals surface area contributed by atoms with Crippen LogP contribution in [0.2, 0.25) is 0 Å². The molecule has 0 aliphatic carbocycles. The van der Waals surface area contributed by atoms with Crippen molar-refractivity contribution >= 4 is 16.8 Å². The van der Waals surface area contributed by atoms with E-state index in [9.17, 15) is 9.18 Å². The molecule has 1 fully saturated rings. The van der Waals surface area contributed by atoms with Crippen molar-refractivity contribution in [3.63, 3.8) is 0 Å². The number of likely N-dealkylation sites (tertiary alicyclic amines) is 1. The highest BCUT2D eigenvalue weighted by atomic mass is 19.1. The van der Waals surface area contributed by atoms with E-state index in [0.29, 0.717) is 35.2 Å². The molecule has 0 amide bonds. The van der Waals surface area contributed by atoms with Crippen molar-refractivity contribution in [3.8, 4) is 11.5 Å². The lowest BCUT2D eigenvalue weighted by Gasteiger charge is -2.31. The zero-order chi connectivity index (χ0) is 22.5. The van der Waals surface area contributed by atoms with Crippen molar-refractivity contribution in [2.75, 3.05) is 33.4 Å². The van der Waals surface area contributed by atoms with Gasteiger partial charge in [0, 0.05) is 23.4 Å². The number of ketones is 1. The second-order valence-corrected chi connectivity index (χ2v) is 8.30. The number of ether oxygens (including phenoxy) is 2. The fourth-order valence-corrected chi connectivity index (χ4v) is 4.33. The summed E-state index contributed by atoms with van der Waals surface area (Å²) in [6.07, 6.45) is 4.06. The Kier molecular flexibility index (Phi) is 7.05. The summed E-state index contributed by atoms with van der Waals surface area (Å²) in [5.41, 5.74) is 2.05. The van der Waals surface area contributed by atoms with Gasteiger partial charge in [0.15, 0.2) is 11.4 Å². The van der Waals surface area contributed by atoms with Crippen LogP contribution in [0.3, 0.4) is 0 Å². The molecule has 7 heteroatoms. The van der Waals surface area contributed by atoms with E-state index in [2.05, 4.69) is 10.1 Å². The van der Waals surface area contributed by atoms with Crippen LogP contribution < -0.4 is 9.47 Å². The molecule has 0 spiro atoms. The summed E-state index contributed by atoms with van der Waals surface area (Å²) in [6.45, 7) is 5.22. The molecule has 32 heavy (non-hydrogen) atoms. The Bertz CT molecular complexity index is 1070. The summed E-state index contributed by atoms with van der Waals surface area (Å²) in [5.74, 6) is 1.29.